The molecule has 0 fully saturated rings. The summed E-state index contributed by atoms with van der Waals surface area (Å²) in [7, 11) is 0. The predicted molar refractivity (Wildman–Crippen MR) is 94.8 cm³/mol. The maximum absolute atomic E-state index is 12.2. The van der Waals surface area contributed by atoms with Gasteiger partial charge in [0.05, 0.1) is 20.8 Å². The molecule has 7 heteroatoms. The molecule has 0 saturated carbocycles. The van der Waals surface area contributed by atoms with E-state index in [1.54, 1.807) is 17.8 Å². The topological polar surface area (TPSA) is 46.9 Å². The van der Waals surface area contributed by atoms with Crippen molar-refractivity contribution in [2.75, 3.05) is 12.8 Å². The Hall–Kier alpha value is -0.980. The molecule has 118 valence electrons. The fourth-order valence-electron chi connectivity index (χ4n) is 1.95. The Bertz CT molecular complexity index is 655. The van der Waals surface area contributed by atoms with Crippen LogP contribution in [0.1, 0.15) is 22.5 Å². The zero-order valence-electron chi connectivity index (χ0n) is 12.4. The summed E-state index contributed by atoms with van der Waals surface area (Å²) in [5.41, 5.74) is 1.48. The Balaban J connectivity index is 1.85. The summed E-state index contributed by atoms with van der Waals surface area (Å²) in [6, 6.07) is 5.48. The lowest BCUT2D eigenvalue weighted by Crippen LogP contribution is -2.25. The van der Waals surface area contributed by atoms with Crippen LogP contribution < -0.4 is 5.32 Å². The van der Waals surface area contributed by atoms with Crippen molar-refractivity contribution in [1.82, 2.24) is 15.1 Å². The van der Waals surface area contributed by atoms with Gasteiger partial charge in [-0.2, -0.15) is 5.10 Å². The molecular formula is C15H17BrClN3OS. The van der Waals surface area contributed by atoms with Gasteiger partial charge >= 0.3 is 0 Å². The van der Waals surface area contributed by atoms with Crippen LogP contribution >= 0.6 is 39.3 Å². The lowest BCUT2D eigenvalue weighted by Gasteiger charge is -2.08. The van der Waals surface area contributed by atoms with Gasteiger partial charge in [0.15, 0.2) is 0 Å². The number of carbonyl (C=O) groups excluding carboxylic acids is 1. The molecule has 0 unspecified atom stereocenters. The van der Waals surface area contributed by atoms with E-state index in [2.05, 4.69) is 26.3 Å². The van der Waals surface area contributed by atoms with Crippen LogP contribution in [0.2, 0.25) is 5.02 Å². The summed E-state index contributed by atoms with van der Waals surface area (Å²) in [5.74, 6) is -0.140. The molecule has 0 atom stereocenters. The molecule has 2 aromatic rings. The molecule has 4 nitrogen and oxygen atoms in total. The second-order valence-electron chi connectivity index (χ2n) is 4.78. The van der Waals surface area contributed by atoms with Crippen LogP contribution in [0.3, 0.4) is 0 Å². The van der Waals surface area contributed by atoms with Crippen molar-refractivity contribution in [3.05, 3.63) is 45.1 Å². The first kappa shape index (κ1) is 17.4. The molecule has 1 heterocycles. The number of benzene rings is 1. The number of nitrogens with one attached hydrogen (secondary N) is 1. The third-order valence-corrected chi connectivity index (χ3v) is 4.99. The molecule has 22 heavy (non-hydrogen) atoms. The van der Waals surface area contributed by atoms with Gasteiger partial charge in [-0.05, 0) is 53.7 Å². The lowest BCUT2D eigenvalue weighted by molar-refractivity contribution is 0.0952. The van der Waals surface area contributed by atoms with Crippen LogP contribution in [0, 0.1) is 6.92 Å². The smallest absolute Gasteiger partial charge is 0.252 e. The maximum atomic E-state index is 12.2. The highest BCUT2D eigenvalue weighted by molar-refractivity contribution is 9.10. The number of rotatable bonds is 6. The Labute approximate surface area is 147 Å². The molecule has 1 aromatic carbocycles. The van der Waals surface area contributed by atoms with Crippen LogP contribution in [0.5, 0.6) is 0 Å². The minimum absolute atomic E-state index is 0.140. The molecule has 0 saturated heterocycles. The van der Waals surface area contributed by atoms with Gasteiger partial charge < -0.3 is 5.32 Å². The molecule has 1 aromatic heterocycles. The van der Waals surface area contributed by atoms with Crippen LogP contribution in [0.15, 0.2) is 33.8 Å². The Morgan fingerprint density at radius 1 is 1.50 bits per heavy atom. The molecule has 0 aliphatic heterocycles. The first-order valence-corrected chi connectivity index (χ1v) is 9.22. The van der Waals surface area contributed by atoms with Crippen molar-refractivity contribution >= 4 is 45.2 Å². The number of nitrogens with zero attached hydrogens (tertiary/aromatic N) is 2. The van der Waals surface area contributed by atoms with E-state index in [9.17, 15) is 4.79 Å². The quantitative estimate of drug-likeness (QED) is 0.583. The van der Waals surface area contributed by atoms with Crippen LogP contribution in [0.25, 0.3) is 0 Å². The number of amides is 1. The summed E-state index contributed by atoms with van der Waals surface area (Å²) in [6.07, 6.45) is 4.71. The van der Waals surface area contributed by atoms with E-state index in [1.807, 2.05) is 36.2 Å². The van der Waals surface area contributed by atoms with Gasteiger partial charge in [-0.15, -0.1) is 11.8 Å². The number of carbonyl (C=O) groups is 1. The molecule has 0 bridgehead atoms. The fraction of sp³-hybridized carbons (Fsp3) is 0.333. The summed E-state index contributed by atoms with van der Waals surface area (Å²) in [6.45, 7) is 3.28. The van der Waals surface area contributed by atoms with E-state index < -0.39 is 0 Å². The Kier molecular flexibility index (Phi) is 6.35. The van der Waals surface area contributed by atoms with Gasteiger partial charge in [0.25, 0.3) is 5.91 Å². The molecule has 0 spiro atoms. The van der Waals surface area contributed by atoms with Crippen LogP contribution in [-0.4, -0.2) is 28.5 Å². The molecule has 0 radical (unpaired) electrons. The summed E-state index contributed by atoms with van der Waals surface area (Å²) >= 11 is 11.1. The summed E-state index contributed by atoms with van der Waals surface area (Å²) in [5, 5.41) is 7.73. The molecule has 1 amide bonds. The highest BCUT2D eigenvalue weighted by Crippen LogP contribution is 2.22. The van der Waals surface area contributed by atoms with Crippen molar-refractivity contribution in [2.24, 2.45) is 0 Å². The second kappa shape index (κ2) is 8.04. The predicted octanol–water partition coefficient (Wildman–Crippen LogP) is 4.15. The summed E-state index contributed by atoms with van der Waals surface area (Å²) in [4.78, 5) is 13.2. The minimum Gasteiger partial charge on any atom is -0.352 e. The molecule has 2 rings (SSSR count). The molecule has 1 N–H and O–H groups in total. The minimum atomic E-state index is -0.140. The Morgan fingerprint density at radius 2 is 2.27 bits per heavy atom. The molecular weight excluding hydrogens is 386 g/mol. The average molecular weight is 403 g/mol. The van der Waals surface area contributed by atoms with E-state index in [-0.39, 0.29) is 5.91 Å². The normalized spacial score (nSPS) is 10.7. The average Bonchev–Trinajstić information content (AvgIpc) is 2.82. The van der Waals surface area contributed by atoms with Gasteiger partial charge in [-0.25, -0.2) is 0 Å². The van der Waals surface area contributed by atoms with E-state index in [1.165, 1.54) is 0 Å². The largest absolute Gasteiger partial charge is 0.352 e. The molecule has 0 aliphatic carbocycles. The van der Waals surface area contributed by atoms with E-state index in [0.29, 0.717) is 17.1 Å². The summed E-state index contributed by atoms with van der Waals surface area (Å²) < 4.78 is 2.87. The van der Waals surface area contributed by atoms with Crippen molar-refractivity contribution < 1.29 is 4.79 Å². The standard InChI is InChI=1S/C15H17BrClN3OS/c1-10-13(16)9-20(19-10)7-3-6-18-15(21)12-8-11(22-2)4-5-14(12)17/h4-5,8-9H,3,6-7H2,1-2H3,(H,18,21). The highest BCUT2D eigenvalue weighted by atomic mass is 79.9. The number of thioether (sulfide) groups is 1. The SMILES string of the molecule is CSc1ccc(Cl)c(C(=O)NCCCn2cc(Br)c(C)n2)c1. The van der Waals surface area contributed by atoms with Gasteiger partial charge in [0, 0.05) is 24.2 Å². The van der Waals surface area contributed by atoms with Crippen molar-refractivity contribution in [1.29, 1.82) is 0 Å². The zero-order chi connectivity index (χ0) is 16.1. The van der Waals surface area contributed by atoms with Crippen molar-refractivity contribution in [3.8, 4) is 0 Å². The maximum Gasteiger partial charge on any atom is 0.252 e. The lowest BCUT2D eigenvalue weighted by atomic mass is 10.2. The highest BCUT2D eigenvalue weighted by Gasteiger charge is 2.10. The fourth-order valence-corrected chi connectivity index (χ4v) is 2.91. The van der Waals surface area contributed by atoms with E-state index in [0.717, 1.165) is 28.0 Å². The first-order valence-electron chi connectivity index (χ1n) is 6.82. The van der Waals surface area contributed by atoms with E-state index in [4.69, 9.17) is 11.6 Å². The number of aryl methyl sites for hydroxylation is 2. The van der Waals surface area contributed by atoms with Crippen LogP contribution in [0.4, 0.5) is 0 Å². The van der Waals surface area contributed by atoms with Gasteiger partial charge in [-0.1, -0.05) is 11.6 Å². The second-order valence-corrected chi connectivity index (χ2v) is 6.92. The monoisotopic (exact) mass is 401 g/mol. The zero-order valence-corrected chi connectivity index (χ0v) is 15.6. The van der Waals surface area contributed by atoms with E-state index >= 15 is 0 Å². The number of aromatic nitrogens is 2. The number of halogens is 2. The van der Waals surface area contributed by atoms with Gasteiger partial charge in [-0.3, -0.25) is 9.48 Å². The molecule has 0 aliphatic rings. The van der Waals surface area contributed by atoms with Gasteiger partial charge in [0.2, 0.25) is 0 Å². The Morgan fingerprint density at radius 3 is 2.91 bits per heavy atom. The van der Waals surface area contributed by atoms with Gasteiger partial charge in [0.1, 0.15) is 0 Å². The van der Waals surface area contributed by atoms with Crippen molar-refractivity contribution in [2.45, 2.75) is 24.8 Å². The van der Waals surface area contributed by atoms with Crippen molar-refractivity contribution in [3.63, 3.8) is 0 Å². The third kappa shape index (κ3) is 4.51. The third-order valence-electron chi connectivity index (χ3n) is 3.15. The first-order chi connectivity index (χ1) is 10.5. The number of hydrogen-bond donors (Lipinski definition) is 1. The number of hydrogen-bond acceptors (Lipinski definition) is 3. The van der Waals surface area contributed by atoms with Crippen LogP contribution in [-0.2, 0) is 6.54 Å².